The Hall–Kier alpha value is -1.40. The third kappa shape index (κ3) is 6.81. The van der Waals surface area contributed by atoms with Crippen molar-refractivity contribution in [3.05, 3.63) is 53.1 Å². The Labute approximate surface area is 187 Å². The predicted molar refractivity (Wildman–Crippen MR) is 124 cm³/mol. The second-order valence-electron chi connectivity index (χ2n) is 8.72. The van der Waals surface area contributed by atoms with Crippen LogP contribution in [0.4, 0.5) is 0 Å². The number of ether oxygens (including phenoxy) is 1. The largest absolute Gasteiger partial charge is 0.380 e. The lowest BCUT2D eigenvalue weighted by Crippen LogP contribution is -2.40. The van der Waals surface area contributed by atoms with Crippen LogP contribution in [0.5, 0.6) is 0 Å². The summed E-state index contributed by atoms with van der Waals surface area (Å²) in [5.41, 5.74) is 1.20. The van der Waals surface area contributed by atoms with Crippen LogP contribution < -0.4 is 0 Å². The molecule has 2 unspecified atom stereocenters. The molecular weight excluding hydrogens is 396 g/mol. The van der Waals surface area contributed by atoms with Gasteiger partial charge >= 0.3 is 0 Å². The summed E-state index contributed by atoms with van der Waals surface area (Å²) in [4.78, 5) is 9.57. The highest BCUT2D eigenvalue weighted by Crippen LogP contribution is 2.26. The fourth-order valence-electron chi connectivity index (χ4n) is 4.24. The van der Waals surface area contributed by atoms with Crippen LogP contribution in [0.25, 0.3) is 0 Å². The zero-order valence-electron chi connectivity index (χ0n) is 18.8. The highest BCUT2D eigenvalue weighted by molar-refractivity contribution is 6.30. The van der Waals surface area contributed by atoms with Gasteiger partial charge in [-0.1, -0.05) is 30.2 Å². The van der Waals surface area contributed by atoms with Gasteiger partial charge in [-0.3, -0.25) is 4.90 Å². The molecule has 1 aromatic carbocycles. The Morgan fingerprint density at radius 2 is 1.87 bits per heavy atom. The van der Waals surface area contributed by atoms with Gasteiger partial charge < -0.3 is 14.2 Å². The minimum Gasteiger partial charge on any atom is -0.380 e. The maximum Gasteiger partial charge on any atom is 0.118 e. The quantitative estimate of drug-likeness (QED) is 0.489. The Bertz CT molecular complexity index is 740. The molecule has 2 atom stereocenters. The van der Waals surface area contributed by atoms with Gasteiger partial charge in [-0.2, -0.15) is 0 Å². The third-order valence-corrected chi connectivity index (χ3v) is 6.24. The second-order valence-corrected chi connectivity index (χ2v) is 9.16. The molecule has 0 spiro atoms. The van der Waals surface area contributed by atoms with E-state index in [1.807, 2.05) is 18.3 Å². The van der Waals surface area contributed by atoms with Crippen molar-refractivity contribution in [3.63, 3.8) is 0 Å². The molecule has 0 aliphatic carbocycles. The molecule has 0 bridgehead atoms. The minimum absolute atomic E-state index is 0.102. The van der Waals surface area contributed by atoms with Crippen molar-refractivity contribution < 1.29 is 4.74 Å². The Kier molecular flexibility index (Phi) is 9.19. The Morgan fingerprint density at radius 1 is 1.13 bits per heavy atom. The lowest BCUT2D eigenvalue weighted by molar-refractivity contribution is 0.116. The molecule has 1 aliphatic rings. The topological polar surface area (TPSA) is 33.5 Å². The summed E-state index contributed by atoms with van der Waals surface area (Å²) >= 11 is 6.14. The monoisotopic (exact) mass is 432 g/mol. The van der Waals surface area contributed by atoms with Crippen LogP contribution in [0.3, 0.4) is 0 Å². The first-order valence-electron chi connectivity index (χ1n) is 11.3. The number of halogens is 1. The molecule has 2 heterocycles. The van der Waals surface area contributed by atoms with Crippen molar-refractivity contribution in [2.24, 2.45) is 0 Å². The van der Waals surface area contributed by atoms with Gasteiger partial charge in [-0.25, -0.2) is 4.98 Å². The highest BCUT2D eigenvalue weighted by atomic mass is 35.5. The first kappa shape index (κ1) is 23.3. The first-order chi connectivity index (χ1) is 14.5. The number of hydrogen-bond acceptors (Lipinski definition) is 4. The zero-order chi connectivity index (χ0) is 21.3. The van der Waals surface area contributed by atoms with Crippen LogP contribution in [0, 0.1) is 0 Å². The van der Waals surface area contributed by atoms with Gasteiger partial charge in [0, 0.05) is 36.6 Å². The number of aromatic nitrogens is 2. The molecule has 6 heteroatoms. The molecule has 1 aliphatic heterocycles. The predicted octanol–water partition coefficient (Wildman–Crippen LogP) is 4.51. The molecule has 0 N–H and O–H groups in total. The van der Waals surface area contributed by atoms with Crippen LogP contribution in [-0.4, -0.2) is 72.3 Å². The molecule has 3 rings (SSSR count). The van der Waals surface area contributed by atoms with E-state index in [0.29, 0.717) is 12.6 Å². The molecule has 0 amide bonds. The van der Waals surface area contributed by atoms with Gasteiger partial charge in [-0.05, 0) is 77.6 Å². The standard InChI is InChI=1S/C24H37ClN4O/c1-20(28-14-5-4-6-15-28)18-29-16-12-26-24(29)23(19-30-17-7-13-27(2)3)21-8-10-22(25)11-9-21/h8-12,16,20,23H,4-7,13-15,17-19H2,1-3H3. The smallest absolute Gasteiger partial charge is 0.118 e. The Balaban J connectivity index is 1.71. The minimum atomic E-state index is 0.102. The molecule has 0 radical (unpaired) electrons. The number of piperidine rings is 1. The molecule has 1 aromatic heterocycles. The van der Waals surface area contributed by atoms with Crippen molar-refractivity contribution >= 4 is 11.6 Å². The molecule has 166 valence electrons. The lowest BCUT2D eigenvalue weighted by atomic mass is 9.99. The van der Waals surface area contributed by atoms with Gasteiger partial charge in [0.15, 0.2) is 0 Å². The number of benzene rings is 1. The van der Waals surface area contributed by atoms with Crippen LogP contribution in [0.15, 0.2) is 36.7 Å². The van der Waals surface area contributed by atoms with Gasteiger partial charge in [0.2, 0.25) is 0 Å². The third-order valence-electron chi connectivity index (χ3n) is 5.99. The van der Waals surface area contributed by atoms with Crippen molar-refractivity contribution in [2.75, 3.05) is 46.9 Å². The number of hydrogen-bond donors (Lipinski definition) is 0. The van der Waals surface area contributed by atoms with E-state index in [1.54, 1.807) is 0 Å². The summed E-state index contributed by atoms with van der Waals surface area (Å²) in [5.74, 6) is 1.18. The van der Waals surface area contributed by atoms with Crippen LogP contribution >= 0.6 is 11.6 Å². The zero-order valence-corrected chi connectivity index (χ0v) is 19.5. The molecule has 0 saturated carbocycles. The maximum absolute atomic E-state index is 6.14. The molecule has 5 nitrogen and oxygen atoms in total. The molecule has 1 saturated heterocycles. The van der Waals surface area contributed by atoms with E-state index < -0.39 is 0 Å². The van der Waals surface area contributed by atoms with Gasteiger partial charge in [-0.15, -0.1) is 0 Å². The molecule has 2 aromatic rings. The SMILES string of the molecule is CC(Cn1ccnc1C(COCCCN(C)C)c1ccc(Cl)cc1)N1CCCCC1. The summed E-state index contributed by atoms with van der Waals surface area (Å²) in [6.07, 6.45) is 9.06. The van der Waals surface area contributed by atoms with E-state index in [0.717, 1.165) is 37.0 Å². The summed E-state index contributed by atoms with van der Waals surface area (Å²) < 4.78 is 8.43. The van der Waals surface area contributed by atoms with E-state index in [4.69, 9.17) is 21.3 Å². The molecular formula is C24H37ClN4O. The van der Waals surface area contributed by atoms with E-state index in [-0.39, 0.29) is 5.92 Å². The number of likely N-dealkylation sites (tertiary alicyclic amines) is 1. The fraction of sp³-hybridized carbons (Fsp3) is 0.625. The van der Waals surface area contributed by atoms with Crippen LogP contribution in [0.1, 0.15) is 49.9 Å². The van der Waals surface area contributed by atoms with Gasteiger partial charge in [0.1, 0.15) is 5.82 Å². The van der Waals surface area contributed by atoms with Crippen molar-refractivity contribution in [3.8, 4) is 0 Å². The van der Waals surface area contributed by atoms with Crippen LogP contribution in [-0.2, 0) is 11.3 Å². The average molecular weight is 433 g/mol. The van der Waals surface area contributed by atoms with E-state index >= 15 is 0 Å². The van der Waals surface area contributed by atoms with Crippen molar-refractivity contribution in [1.82, 2.24) is 19.4 Å². The fourth-order valence-corrected chi connectivity index (χ4v) is 4.37. The van der Waals surface area contributed by atoms with E-state index in [1.165, 1.54) is 37.9 Å². The van der Waals surface area contributed by atoms with Crippen molar-refractivity contribution in [2.45, 2.75) is 51.1 Å². The van der Waals surface area contributed by atoms with E-state index in [2.05, 4.69) is 53.7 Å². The average Bonchev–Trinajstić information content (AvgIpc) is 3.19. The van der Waals surface area contributed by atoms with Gasteiger partial charge in [0.25, 0.3) is 0 Å². The van der Waals surface area contributed by atoms with Crippen LogP contribution in [0.2, 0.25) is 5.02 Å². The number of imidazole rings is 1. The summed E-state index contributed by atoms with van der Waals surface area (Å²) in [7, 11) is 4.19. The van der Waals surface area contributed by atoms with Gasteiger partial charge in [0.05, 0.1) is 12.5 Å². The second kappa shape index (κ2) is 11.8. The normalized spacial score (nSPS) is 17.4. The number of rotatable bonds is 11. The number of nitrogens with zero attached hydrogens (tertiary/aromatic N) is 4. The molecule has 30 heavy (non-hydrogen) atoms. The Morgan fingerprint density at radius 3 is 2.57 bits per heavy atom. The van der Waals surface area contributed by atoms with Crippen molar-refractivity contribution in [1.29, 1.82) is 0 Å². The summed E-state index contributed by atoms with van der Waals surface area (Å²) in [5, 5.41) is 0.756. The molecule has 1 fully saturated rings. The summed E-state index contributed by atoms with van der Waals surface area (Å²) in [6.45, 7) is 8.14. The maximum atomic E-state index is 6.14. The highest BCUT2D eigenvalue weighted by Gasteiger charge is 2.23. The van der Waals surface area contributed by atoms with E-state index in [9.17, 15) is 0 Å². The first-order valence-corrected chi connectivity index (χ1v) is 11.7. The summed E-state index contributed by atoms with van der Waals surface area (Å²) in [6, 6.07) is 8.62. The lowest BCUT2D eigenvalue weighted by Gasteiger charge is -2.33.